The first kappa shape index (κ1) is 29.7. The van der Waals surface area contributed by atoms with Gasteiger partial charge in [0.25, 0.3) is 10.0 Å². The summed E-state index contributed by atoms with van der Waals surface area (Å²) in [5.41, 5.74) is 0.209. The quantitative estimate of drug-likeness (QED) is 0.258. The van der Waals surface area contributed by atoms with Crippen molar-refractivity contribution in [2.45, 2.75) is 63.8 Å². The number of benzene rings is 2. The third kappa shape index (κ3) is 6.22. The van der Waals surface area contributed by atoms with Gasteiger partial charge in [-0.1, -0.05) is 26.8 Å². The van der Waals surface area contributed by atoms with Gasteiger partial charge in [0.05, 0.1) is 30.5 Å². The minimum atomic E-state index is -4.35. The van der Waals surface area contributed by atoms with Crippen molar-refractivity contribution in [2.75, 3.05) is 18.4 Å². The molecule has 1 fully saturated rings. The van der Waals surface area contributed by atoms with Gasteiger partial charge in [-0.05, 0) is 55.6 Å². The Kier molecular flexibility index (Phi) is 8.69. The maximum atomic E-state index is 15.9. The number of ether oxygens (including phenoxy) is 2. The highest BCUT2D eigenvalue weighted by atomic mass is 32.2. The van der Waals surface area contributed by atoms with E-state index in [4.69, 9.17) is 14.6 Å². The topological polar surface area (TPSA) is 115 Å². The lowest BCUT2D eigenvalue weighted by Gasteiger charge is -2.35. The fourth-order valence-electron chi connectivity index (χ4n) is 4.79. The van der Waals surface area contributed by atoms with E-state index in [-0.39, 0.29) is 39.1 Å². The highest BCUT2D eigenvalue weighted by Crippen LogP contribution is 2.46. The molecule has 0 aliphatic heterocycles. The van der Waals surface area contributed by atoms with Gasteiger partial charge in [-0.25, -0.2) is 18.6 Å². The number of thiazole rings is 1. The van der Waals surface area contributed by atoms with Crippen LogP contribution in [0.15, 0.2) is 34.7 Å². The van der Waals surface area contributed by atoms with E-state index < -0.39 is 38.2 Å². The molecule has 2 N–H and O–H groups in total. The molecule has 40 heavy (non-hydrogen) atoms. The Morgan fingerprint density at radius 3 is 2.55 bits per heavy atom. The van der Waals surface area contributed by atoms with Gasteiger partial charge in [0, 0.05) is 17.0 Å². The van der Waals surface area contributed by atoms with Crippen LogP contribution in [-0.4, -0.2) is 38.2 Å². The molecular formula is C28H32F2N2O6S2. The molecule has 0 radical (unpaired) electrons. The molecule has 1 aliphatic rings. The Bertz CT molecular complexity index is 1510. The number of nitrogens with one attached hydrogen (secondary N) is 1. The summed E-state index contributed by atoms with van der Waals surface area (Å²) >= 11 is 0.939. The highest BCUT2D eigenvalue weighted by molar-refractivity contribution is 7.92. The van der Waals surface area contributed by atoms with Gasteiger partial charge in [0.2, 0.25) is 0 Å². The average Bonchev–Trinajstić information content (AvgIpc) is 3.39. The van der Waals surface area contributed by atoms with Crippen LogP contribution in [0.3, 0.4) is 0 Å². The van der Waals surface area contributed by atoms with Gasteiger partial charge in [-0.3, -0.25) is 4.72 Å². The lowest BCUT2D eigenvalue weighted by molar-refractivity contribution is 0.0691. The first-order valence-corrected chi connectivity index (χ1v) is 15.3. The Morgan fingerprint density at radius 2 is 1.93 bits per heavy atom. The summed E-state index contributed by atoms with van der Waals surface area (Å²) in [6.07, 6.45) is 4.61. The van der Waals surface area contributed by atoms with Gasteiger partial charge in [0.15, 0.2) is 16.6 Å². The van der Waals surface area contributed by atoms with Crippen LogP contribution in [0.1, 0.15) is 74.7 Å². The molecule has 0 amide bonds. The molecule has 1 aliphatic carbocycles. The van der Waals surface area contributed by atoms with Crippen LogP contribution < -0.4 is 14.2 Å². The number of nitrogens with zero attached hydrogens (tertiary/aromatic N) is 1. The molecule has 1 saturated carbocycles. The lowest BCUT2D eigenvalue weighted by atomic mass is 9.71. The Hall–Kier alpha value is -3.25. The molecule has 0 saturated heterocycles. The van der Waals surface area contributed by atoms with Crippen molar-refractivity contribution in [3.05, 3.63) is 52.4 Å². The van der Waals surface area contributed by atoms with Crippen molar-refractivity contribution in [1.82, 2.24) is 4.98 Å². The van der Waals surface area contributed by atoms with E-state index in [0.717, 1.165) is 54.7 Å². The van der Waals surface area contributed by atoms with E-state index in [0.29, 0.717) is 13.0 Å². The largest absolute Gasteiger partial charge is 0.495 e. The Labute approximate surface area is 236 Å². The summed E-state index contributed by atoms with van der Waals surface area (Å²) in [5.74, 6) is -3.10. The van der Waals surface area contributed by atoms with Crippen molar-refractivity contribution in [3.8, 4) is 22.1 Å². The van der Waals surface area contributed by atoms with E-state index in [2.05, 4.69) is 23.6 Å². The molecule has 1 heterocycles. The predicted molar refractivity (Wildman–Crippen MR) is 149 cm³/mol. The summed E-state index contributed by atoms with van der Waals surface area (Å²) in [6.45, 7) is 6.75. The number of aromatic carboxylic acids is 1. The third-order valence-electron chi connectivity index (χ3n) is 7.11. The van der Waals surface area contributed by atoms with Crippen LogP contribution in [0.5, 0.6) is 11.5 Å². The SMILES string of the molecule is CCCOc1c(C2CCC(C)(C)CC2)ccc(-c2nc(S(=O)(=O)Nc3cc(F)c(C(=O)O)cc3OC)cs2)c1F. The number of sulfonamides is 1. The summed E-state index contributed by atoms with van der Waals surface area (Å²) in [5, 5.41) is 10.1. The second-order valence-electron chi connectivity index (χ2n) is 10.6. The van der Waals surface area contributed by atoms with Gasteiger partial charge in [0.1, 0.15) is 16.6 Å². The fourth-order valence-corrected chi connectivity index (χ4v) is 6.96. The summed E-state index contributed by atoms with van der Waals surface area (Å²) in [6, 6.07) is 5.05. The van der Waals surface area contributed by atoms with Gasteiger partial charge >= 0.3 is 5.97 Å². The van der Waals surface area contributed by atoms with E-state index in [1.807, 2.05) is 13.0 Å². The van der Waals surface area contributed by atoms with Crippen LogP contribution in [-0.2, 0) is 10.0 Å². The van der Waals surface area contributed by atoms with E-state index >= 15 is 4.39 Å². The Balaban J connectivity index is 1.65. The first-order chi connectivity index (χ1) is 18.9. The number of carboxylic acids is 1. The molecule has 3 aromatic rings. The van der Waals surface area contributed by atoms with Crippen molar-refractivity contribution in [3.63, 3.8) is 0 Å². The molecular weight excluding hydrogens is 562 g/mol. The maximum Gasteiger partial charge on any atom is 0.338 e. The molecule has 4 rings (SSSR count). The Morgan fingerprint density at radius 1 is 1.23 bits per heavy atom. The summed E-state index contributed by atoms with van der Waals surface area (Å²) in [7, 11) is -3.16. The molecule has 0 bridgehead atoms. The zero-order chi connectivity index (χ0) is 29.2. The van der Waals surface area contributed by atoms with Gasteiger partial charge < -0.3 is 14.6 Å². The number of anilines is 1. The number of rotatable bonds is 10. The van der Waals surface area contributed by atoms with Crippen molar-refractivity contribution >= 4 is 33.0 Å². The molecule has 2 aromatic carbocycles. The fraction of sp³-hybridized carbons (Fsp3) is 0.429. The number of aromatic nitrogens is 1. The normalized spacial score (nSPS) is 15.6. The number of methoxy groups -OCH3 is 1. The van der Waals surface area contributed by atoms with Crippen LogP contribution >= 0.6 is 11.3 Å². The van der Waals surface area contributed by atoms with Crippen LogP contribution in [0.4, 0.5) is 14.5 Å². The monoisotopic (exact) mass is 594 g/mol. The first-order valence-electron chi connectivity index (χ1n) is 12.9. The molecule has 0 atom stereocenters. The minimum absolute atomic E-state index is 0.117. The average molecular weight is 595 g/mol. The lowest BCUT2D eigenvalue weighted by Crippen LogP contribution is -2.21. The van der Waals surface area contributed by atoms with E-state index in [1.165, 1.54) is 12.5 Å². The predicted octanol–water partition coefficient (Wildman–Crippen LogP) is 7.07. The molecule has 0 unspecified atom stereocenters. The smallest absolute Gasteiger partial charge is 0.338 e. The standard InChI is InChI=1S/C28H32F2N2O6S2/c1-5-12-38-25-17(16-8-10-28(2,3)11-9-16)6-7-18(24(25)30)26-31-23(15-39-26)40(35,36)32-21-14-20(29)19(27(33)34)13-22(21)37-4/h6-7,13-16,32H,5,8-12H2,1-4H3,(H,33,34). The van der Waals surface area contributed by atoms with E-state index in [1.54, 1.807) is 6.07 Å². The molecule has 1 aromatic heterocycles. The van der Waals surface area contributed by atoms with E-state index in [9.17, 15) is 17.6 Å². The minimum Gasteiger partial charge on any atom is -0.495 e. The molecule has 216 valence electrons. The molecule has 8 nitrogen and oxygen atoms in total. The summed E-state index contributed by atoms with van der Waals surface area (Å²) < 4.78 is 69.4. The second kappa shape index (κ2) is 11.7. The maximum absolute atomic E-state index is 15.9. The van der Waals surface area contributed by atoms with Crippen LogP contribution in [0.25, 0.3) is 10.6 Å². The van der Waals surface area contributed by atoms with Crippen molar-refractivity contribution in [2.24, 2.45) is 5.41 Å². The zero-order valence-electron chi connectivity index (χ0n) is 22.7. The van der Waals surface area contributed by atoms with Gasteiger partial charge in [-0.2, -0.15) is 8.42 Å². The third-order valence-corrected chi connectivity index (χ3v) is 9.38. The van der Waals surface area contributed by atoms with Gasteiger partial charge in [-0.15, -0.1) is 11.3 Å². The zero-order valence-corrected chi connectivity index (χ0v) is 24.3. The summed E-state index contributed by atoms with van der Waals surface area (Å²) in [4.78, 5) is 15.4. The number of hydrogen-bond acceptors (Lipinski definition) is 7. The second-order valence-corrected chi connectivity index (χ2v) is 13.1. The number of hydrogen-bond donors (Lipinski definition) is 2. The van der Waals surface area contributed by atoms with Crippen LogP contribution in [0.2, 0.25) is 0 Å². The number of carbonyl (C=O) groups is 1. The van der Waals surface area contributed by atoms with Crippen molar-refractivity contribution < 1.29 is 36.6 Å². The van der Waals surface area contributed by atoms with Crippen molar-refractivity contribution in [1.29, 1.82) is 0 Å². The highest BCUT2D eigenvalue weighted by Gasteiger charge is 2.31. The van der Waals surface area contributed by atoms with Crippen LogP contribution in [0, 0.1) is 17.0 Å². The molecule has 12 heteroatoms. The number of carboxylic acid groups (broad SMARTS) is 1. The number of halogens is 2. The molecule has 0 spiro atoms.